The summed E-state index contributed by atoms with van der Waals surface area (Å²) in [7, 11) is 6.89. The van der Waals surface area contributed by atoms with Crippen LogP contribution in [-0.2, 0) is 0 Å². The summed E-state index contributed by atoms with van der Waals surface area (Å²) in [6.45, 7) is 0. The SMILES string of the molecule is C.C.CN(C)C(=O)Sc1c(Br)cc(Br)cc1C=O.CN(C)C(=S)Oc1c(Br)cc(Br)cc1C=O. The molecule has 0 saturated carbocycles. The van der Waals surface area contributed by atoms with E-state index in [9.17, 15) is 14.4 Å². The summed E-state index contributed by atoms with van der Waals surface area (Å²) in [6, 6.07) is 6.95. The highest BCUT2D eigenvalue weighted by atomic mass is 79.9. The van der Waals surface area contributed by atoms with Crippen LogP contribution < -0.4 is 4.74 Å². The van der Waals surface area contributed by atoms with Crippen LogP contribution in [0.2, 0.25) is 0 Å². The maximum Gasteiger partial charge on any atom is 0.285 e. The number of thiocarbonyl (C=S) groups is 1. The Labute approximate surface area is 244 Å². The highest BCUT2D eigenvalue weighted by molar-refractivity contribution is 9.11. The van der Waals surface area contributed by atoms with Crippen molar-refractivity contribution in [2.75, 3.05) is 28.2 Å². The minimum absolute atomic E-state index is 0. The predicted molar refractivity (Wildman–Crippen MR) is 160 cm³/mol. The van der Waals surface area contributed by atoms with Gasteiger partial charge in [0.05, 0.1) is 10.0 Å². The summed E-state index contributed by atoms with van der Waals surface area (Å²) in [4.78, 5) is 37.1. The van der Waals surface area contributed by atoms with Gasteiger partial charge in [0.2, 0.25) is 0 Å². The molecule has 0 bridgehead atoms. The third-order valence-corrected chi connectivity index (χ3v) is 7.48. The van der Waals surface area contributed by atoms with E-state index >= 15 is 0 Å². The number of ether oxygens (including phenoxy) is 1. The standard InChI is InChI=1S/2C10H9Br2NO2S.2CH4/c1-13(2)10(15)16-9-6(5-14)3-7(11)4-8(9)12;1-13(2)10(16)15-9-6(5-14)3-7(11)4-8(9)12;;/h2*3-5H,1-2H3;2*1H4. The Hall–Kier alpha value is -0.790. The summed E-state index contributed by atoms with van der Waals surface area (Å²) < 4.78 is 8.43. The van der Waals surface area contributed by atoms with E-state index in [0.29, 0.717) is 31.4 Å². The molecule has 2 rings (SSSR count). The molecule has 0 N–H and O–H groups in total. The van der Waals surface area contributed by atoms with Gasteiger partial charge in [-0.25, -0.2) is 0 Å². The number of amides is 1. The third-order valence-electron chi connectivity index (χ3n) is 3.44. The monoisotopic (exact) mass is 762 g/mol. The number of benzene rings is 2. The van der Waals surface area contributed by atoms with Crippen LogP contribution in [0, 0.1) is 0 Å². The van der Waals surface area contributed by atoms with Gasteiger partial charge in [-0.15, -0.1) is 0 Å². The maximum absolute atomic E-state index is 11.6. The van der Waals surface area contributed by atoms with Crippen molar-refractivity contribution < 1.29 is 19.1 Å². The molecule has 12 heteroatoms. The molecule has 0 fully saturated rings. The van der Waals surface area contributed by atoms with Crippen molar-refractivity contribution in [2.45, 2.75) is 19.7 Å². The van der Waals surface area contributed by atoms with Gasteiger partial charge < -0.3 is 14.5 Å². The molecule has 188 valence electrons. The number of halogens is 4. The van der Waals surface area contributed by atoms with Crippen molar-refractivity contribution in [3.8, 4) is 5.75 Å². The molecular weight excluding hydrogens is 740 g/mol. The van der Waals surface area contributed by atoms with Crippen LogP contribution in [0.15, 0.2) is 47.1 Å². The van der Waals surface area contributed by atoms with Gasteiger partial charge in [0.1, 0.15) is 0 Å². The number of carbonyl (C=O) groups excluding carboxylic acids is 3. The first kappa shape index (κ1) is 35.4. The van der Waals surface area contributed by atoms with E-state index in [-0.39, 0.29) is 20.1 Å². The van der Waals surface area contributed by atoms with E-state index in [1.807, 2.05) is 0 Å². The van der Waals surface area contributed by atoms with E-state index in [4.69, 9.17) is 17.0 Å². The lowest BCUT2D eigenvalue weighted by molar-refractivity contribution is 0.111. The number of thioether (sulfide) groups is 1. The van der Waals surface area contributed by atoms with Crippen LogP contribution >= 0.6 is 87.7 Å². The van der Waals surface area contributed by atoms with E-state index in [2.05, 4.69) is 63.7 Å². The molecule has 2 aromatic rings. The van der Waals surface area contributed by atoms with Gasteiger partial charge in [-0.2, -0.15) is 0 Å². The smallest absolute Gasteiger partial charge is 0.285 e. The second kappa shape index (κ2) is 16.8. The Morgan fingerprint density at radius 1 is 0.853 bits per heavy atom. The molecule has 0 heterocycles. The Morgan fingerprint density at radius 2 is 1.32 bits per heavy atom. The zero-order chi connectivity index (χ0) is 24.6. The topological polar surface area (TPSA) is 66.9 Å². The molecule has 0 aliphatic heterocycles. The molecule has 34 heavy (non-hydrogen) atoms. The van der Waals surface area contributed by atoms with Gasteiger partial charge in [0.25, 0.3) is 10.4 Å². The first-order valence-electron chi connectivity index (χ1n) is 8.57. The molecule has 2 aromatic carbocycles. The van der Waals surface area contributed by atoms with Crippen LogP contribution in [0.25, 0.3) is 0 Å². The second-order valence-corrected chi connectivity index (χ2v) is 11.2. The summed E-state index contributed by atoms with van der Waals surface area (Å²) >= 11 is 19.3. The van der Waals surface area contributed by atoms with Crippen molar-refractivity contribution >= 4 is 111 Å². The first-order valence-corrected chi connectivity index (χ1v) is 13.0. The second-order valence-electron chi connectivity index (χ2n) is 6.37. The summed E-state index contributed by atoms with van der Waals surface area (Å²) in [5.74, 6) is 0.428. The van der Waals surface area contributed by atoms with Gasteiger partial charge in [0.15, 0.2) is 18.3 Å². The Morgan fingerprint density at radius 3 is 1.76 bits per heavy atom. The number of hydrogen-bond acceptors (Lipinski definition) is 6. The molecule has 0 unspecified atom stereocenters. The van der Waals surface area contributed by atoms with Crippen LogP contribution in [0.1, 0.15) is 35.6 Å². The zero-order valence-corrected chi connectivity index (χ0v) is 25.3. The average molecular weight is 766 g/mol. The molecule has 0 saturated heterocycles. The Bertz CT molecular complexity index is 953. The molecule has 6 nitrogen and oxygen atoms in total. The number of aldehydes is 2. The van der Waals surface area contributed by atoms with Crippen LogP contribution in [0.4, 0.5) is 4.79 Å². The highest BCUT2D eigenvalue weighted by Gasteiger charge is 2.15. The normalized spacial score (nSPS) is 9.29. The van der Waals surface area contributed by atoms with E-state index in [1.54, 1.807) is 57.4 Å². The van der Waals surface area contributed by atoms with Gasteiger partial charge in [0, 0.05) is 52.1 Å². The number of hydrogen-bond donors (Lipinski definition) is 0. The fraction of sp³-hybridized carbons (Fsp3) is 0.273. The summed E-state index contributed by atoms with van der Waals surface area (Å²) in [5.41, 5.74) is 0.923. The largest absolute Gasteiger partial charge is 0.430 e. The highest BCUT2D eigenvalue weighted by Crippen LogP contribution is 2.34. The van der Waals surface area contributed by atoms with E-state index in [0.717, 1.165) is 37.8 Å². The minimum atomic E-state index is -0.119. The Kier molecular flexibility index (Phi) is 17.5. The molecule has 1 amide bonds. The molecule has 0 atom stereocenters. The predicted octanol–water partition coefficient (Wildman–Crippen LogP) is 8.32. The van der Waals surface area contributed by atoms with Gasteiger partial charge in [-0.3, -0.25) is 14.4 Å². The fourth-order valence-corrected chi connectivity index (χ4v) is 5.57. The van der Waals surface area contributed by atoms with E-state index < -0.39 is 0 Å². The lowest BCUT2D eigenvalue weighted by atomic mass is 10.2. The van der Waals surface area contributed by atoms with Crippen LogP contribution in [0.5, 0.6) is 5.75 Å². The van der Waals surface area contributed by atoms with Crippen molar-refractivity contribution in [2.24, 2.45) is 0 Å². The molecule has 0 aromatic heterocycles. The van der Waals surface area contributed by atoms with Crippen molar-refractivity contribution in [1.82, 2.24) is 9.80 Å². The summed E-state index contributed by atoms with van der Waals surface area (Å²) in [6.07, 6.45) is 1.46. The van der Waals surface area contributed by atoms with Crippen molar-refractivity contribution in [3.63, 3.8) is 0 Å². The first-order chi connectivity index (χ1) is 14.9. The van der Waals surface area contributed by atoms with Crippen molar-refractivity contribution in [3.05, 3.63) is 53.3 Å². The van der Waals surface area contributed by atoms with Gasteiger partial charge >= 0.3 is 0 Å². The fourth-order valence-electron chi connectivity index (χ4n) is 1.91. The summed E-state index contributed by atoms with van der Waals surface area (Å²) in [5, 5.41) is 0.178. The van der Waals surface area contributed by atoms with Gasteiger partial charge in [-0.1, -0.05) is 46.7 Å². The van der Waals surface area contributed by atoms with Crippen LogP contribution in [0.3, 0.4) is 0 Å². The average Bonchev–Trinajstić information content (AvgIpc) is 2.71. The lowest BCUT2D eigenvalue weighted by Gasteiger charge is -2.16. The molecule has 0 aliphatic carbocycles. The molecular formula is C22H26Br4N2O4S2. The van der Waals surface area contributed by atoms with Crippen LogP contribution in [-0.4, -0.2) is 61.0 Å². The number of carbonyl (C=O) groups is 3. The zero-order valence-electron chi connectivity index (χ0n) is 17.3. The van der Waals surface area contributed by atoms with Crippen molar-refractivity contribution in [1.29, 1.82) is 0 Å². The molecule has 0 radical (unpaired) electrons. The van der Waals surface area contributed by atoms with E-state index in [1.165, 1.54) is 4.90 Å². The third kappa shape index (κ3) is 10.9. The minimum Gasteiger partial charge on any atom is -0.430 e. The Balaban J connectivity index is 0. The molecule has 0 aliphatic rings. The molecule has 0 spiro atoms. The quantitative estimate of drug-likeness (QED) is 0.176. The number of rotatable bonds is 4. The maximum atomic E-state index is 11.6. The van der Waals surface area contributed by atoms with Gasteiger partial charge in [-0.05, 0) is 80.1 Å². The number of nitrogens with zero attached hydrogens (tertiary/aromatic N) is 2. The lowest BCUT2D eigenvalue weighted by Crippen LogP contribution is -2.25.